The molecule has 10 nitrogen and oxygen atoms in total. The predicted molar refractivity (Wildman–Crippen MR) is 202 cm³/mol. The minimum Gasteiger partial charge on any atom is -0.507 e. The van der Waals surface area contributed by atoms with Crippen molar-refractivity contribution in [3.63, 3.8) is 0 Å². The summed E-state index contributed by atoms with van der Waals surface area (Å²) in [5.41, 5.74) is 3.89. The van der Waals surface area contributed by atoms with E-state index in [9.17, 15) is 24.6 Å². The van der Waals surface area contributed by atoms with Crippen molar-refractivity contribution in [1.82, 2.24) is 5.32 Å². The van der Waals surface area contributed by atoms with Crippen LogP contribution in [0.4, 0.5) is 0 Å². The number of cyclic esters (lactones) is 1. The fourth-order valence-electron chi connectivity index (χ4n) is 9.25. The van der Waals surface area contributed by atoms with Gasteiger partial charge in [0.25, 0.3) is 0 Å². The number of phenols is 2. The molecular weight excluding hydrogens is 674 g/mol. The summed E-state index contributed by atoms with van der Waals surface area (Å²) >= 11 is 0. The van der Waals surface area contributed by atoms with Crippen LogP contribution in [-0.4, -0.2) is 61.3 Å². The van der Waals surface area contributed by atoms with E-state index in [1.807, 2.05) is 6.08 Å². The number of rotatable bonds is 8. The molecule has 286 valence electrons. The van der Waals surface area contributed by atoms with Gasteiger partial charge in [-0.3, -0.25) is 9.59 Å². The first-order chi connectivity index (χ1) is 25.6. The van der Waals surface area contributed by atoms with Gasteiger partial charge in [-0.15, -0.1) is 0 Å². The number of ketones is 1. The van der Waals surface area contributed by atoms with Crippen molar-refractivity contribution in [2.45, 2.75) is 121 Å². The highest BCUT2D eigenvalue weighted by Crippen LogP contribution is 2.50. The molecule has 0 saturated heterocycles. The molecule has 2 aromatic carbocycles. The first-order valence-electron chi connectivity index (χ1n) is 19.4. The SMILES string of the molecule is COc1cc(C(CC(=O)N[C@H]2C3CCCC2C2=C(CCCC2)C3)c2c(O)cc3c(c2O)C(=O)O[C@@H](C)CCCC(=O)CCCC=C3)cc(OC)c1OC. The van der Waals surface area contributed by atoms with Crippen molar-refractivity contribution >= 4 is 23.7 Å². The maximum absolute atomic E-state index is 14.3. The molecule has 3 unspecified atom stereocenters. The monoisotopic (exact) mass is 729 g/mol. The number of esters is 1. The van der Waals surface area contributed by atoms with E-state index in [0.717, 1.165) is 32.1 Å². The number of aromatic hydroxyl groups is 2. The van der Waals surface area contributed by atoms with Crippen molar-refractivity contribution in [2.24, 2.45) is 11.8 Å². The zero-order valence-electron chi connectivity index (χ0n) is 31.6. The largest absolute Gasteiger partial charge is 0.507 e. The Kier molecular flexibility index (Phi) is 12.4. The topological polar surface area (TPSA) is 141 Å². The van der Waals surface area contributed by atoms with Crippen LogP contribution in [0.5, 0.6) is 28.7 Å². The Bertz CT molecular complexity index is 1740. The predicted octanol–water partition coefficient (Wildman–Crippen LogP) is 8.30. The van der Waals surface area contributed by atoms with Gasteiger partial charge >= 0.3 is 5.97 Å². The summed E-state index contributed by atoms with van der Waals surface area (Å²) in [4.78, 5) is 40.5. The summed E-state index contributed by atoms with van der Waals surface area (Å²) in [6.45, 7) is 1.76. The standard InChI is InChI=1S/C43H55NO9/c1-25-12-10-17-30(45)16-7-5-6-14-27-21-34(46)39(41(48)38(27)43(49)53-25)33(29-22-35(50-2)42(52-4)36(23-29)51-3)24-37(47)44-40-28-15-11-19-32(40)31-18-9-8-13-26(31)20-28/h6,14,21-23,25,28,32-33,40,46,48H,5,7-13,15-20,24H2,1-4H3,(H,44,47)/t25-,28?,32?,33?,40-/m0/s1. The molecule has 2 bridgehead atoms. The third kappa shape index (κ3) is 8.36. The van der Waals surface area contributed by atoms with Gasteiger partial charge in [0, 0.05) is 42.7 Å². The summed E-state index contributed by atoms with van der Waals surface area (Å²) in [6, 6.07) is 4.88. The number of nitrogens with one attached hydrogen (secondary N) is 1. The number of ether oxygens (including phenoxy) is 4. The number of phenolic OH excluding ortho intramolecular Hbond substituents is 2. The van der Waals surface area contributed by atoms with E-state index in [4.69, 9.17) is 18.9 Å². The van der Waals surface area contributed by atoms with Crippen LogP contribution >= 0.6 is 0 Å². The summed E-state index contributed by atoms with van der Waals surface area (Å²) in [7, 11) is 4.50. The lowest BCUT2D eigenvalue weighted by molar-refractivity contribution is -0.123. The van der Waals surface area contributed by atoms with Gasteiger partial charge in [-0.2, -0.15) is 0 Å². The summed E-state index contributed by atoms with van der Waals surface area (Å²) in [6.07, 6.45) is 15.1. The fraction of sp³-hybridized carbons (Fsp3) is 0.558. The molecule has 1 fully saturated rings. The average molecular weight is 730 g/mol. The first kappa shape index (κ1) is 38.3. The Labute approximate surface area is 312 Å². The number of carbonyl (C=O) groups excluding carboxylic acids is 3. The van der Waals surface area contributed by atoms with Crippen molar-refractivity contribution in [2.75, 3.05) is 21.3 Å². The molecule has 4 aliphatic rings. The minimum atomic E-state index is -0.921. The van der Waals surface area contributed by atoms with Crippen LogP contribution in [0.3, 0.4) is 0 Å². The second-order valence-electron chi connectivity index (χ2n) is 15.2. The molecule has 53 heavy (non-hydrogen) atoms. The van der Waals surface area contributed by atoms with E-state index < -0.39 is 23.7 Å². The van der Waals surface area contributed by atoms with Crippen LogP contribution in [0.2, 0.25) is 0 Å². The average Bonchev–Trinajstić information content (AvgIpc) is 3.13. The van der Waals surface area contributed by atoms with E-state index in [1.165, 1.54) is 46.7 Å². The number of hydrogen-bond donors (Lipinski definition) is 3. The Hall–Kier alpha value is -4.47. The molecule has 2 aromatic rings. The van der Waals surface area contributed by atoms with Crippen LogP contribution in [0.25, 0.3) is 6.08 Å². The zero-order valence-corrected chi connectivity index (χ0v) is 31.6. The molecule has 1 aliphatic heterocycles. The fourth-order valence-corrected chi connectivity index (χ4v) is 9.25. The van der Waals surface area contributed by atoms with Crippen LogP contribution < -0.4 is 19.5 Å². The van der Waals surface area contributed by atoms with E-state index in [2.05, 4.69) is 5.32 Å². The third-order valence-electron chi connectivity index (χ3n) is 11.8. The molecule has 0 aromatic heterocycles. The van der Waals surface area contributed by atoms with Gasteiger partial charge in [-0.05, 0) is 113 Å². The van der Waals surface area contributed by atoms with Gasteiger partial charge in [0.2, 0.25) is 11.7 Å². The minimum absolute atomic E-state index is 0.0255. The molecule has 1 amide bonds. The van der Waals surface area contributed by atoms with Gasteiger partial charge in [-0.25, -0.2) is 4.79 Å². The number of benzene rings is 2. The second-order valence-corrected chi connectivity index (χ2v) is 15.2. The lowest BCUT2D eigenvalue weighted by Crippen LogP contribution is -2.51. The molecule has 3 aliphatic carbocycles. The number of amides is 1. The lowest BCUT2D eigenvalue weighted by atomic mass is 9.63. The Morgan fingerprint density at radius 1 is 0.906 bits per heavy atom. The van der Waals surface area contributed by atoms with Gasteiger partial charge in [0.15, 0.2) is 11.5 Å². The van der Waals surface area contributed by atoms with Crippen LogP contribution in [0.15, 0.2) is 35.4 Å². The normalized spacial score (nSPS) is 24.2. The molecular formula is C43H55NO9. The Morgan fingerprint density at radius 2 is 1.64 bits per heavy atom. The van der Waals surface area contributed by atoms with Crippen LogP contribution in [-0.2, 0) is 14.3 Å². The van der Waals surface area contributed by atoms with Gasteiger partial charge in [0.05, 0.1) is 27.4 Å². The molecule has 10 heteroatoms. The van der Waals surface area contributed by atoms with Crippen LogP contribution in [0, 0.1) is 11.8 Å². The van der Waals surface area contributed by atoms with Gasteiger partial charge < -0.3 is 34.5 Å². The quantitative estimate of drug-likeness (QED) is 0.181. The smallest absolute Gasteiger partial charge is 0.342 e. The third-order valence-corrected chi connectivity index (χ3v) is 11.8. The van der Waals surface area contributed by atoms with E-state index in [0.29, 0.717) is 73.2 Å². The Morgan fingerprint density at radius 3 is 2.38 bits per heavy atom. The van der Waals surface area contributed by atoms with Crippen molar-refractivity contribution in [3.8, 4) is 28.7 Å². The number of methoxy groups -OCH3 is 3. The second kappa shape index (κ2) is 17.1. The lowest BCUT2D eigenvalue weighted by Gasteiger charge is -2.46. The number of Topliss-reactive ketones (excluding diaryl/α,β-unsaturated/α-hetero) is 1. The van der Waals surface area contributed by atoms with E-state index >= 15 is 0 Å². The number of hydrogen-bond acceptors (Lipinski definition) is 9. The maximum atomic E-state index is 14.3. The highest BCUT2D eigenvalue weighted by Gasteiger charge is 2.42. The maximum Gasteiger partial charge on any atom is 0.342 e. The van der Waals surface area contributed by atoms with Gasteiger partial charge in [0.1, 0.15) is 22.8 Å². The summed E-state index contributed by atoms with van der Waals surface area (Å²) in [5.74, 6) is -0.683. The number of allylic oxidation sites excluding steroid dienone is 2. The van der Waals surface area contributed by atoms with Crippen molar-refractivity contribution in [3.05, 3.63) is 57.7 Å². The number of fused-ring (bicyclic) bond motifs is 4. The summed E-state index contributed by atoms with van der Waals surface area (Å²) < 4.78 is 22.8. The highest BCUT2D eigenvalue weighted by molar-refractivity contribution is 5.98. The molecule has 0 spiro atoms. The Balaban J connectivity index is 1.42. The zero-order chi connectivity index (χ0) is 37.6. The van der Waals surface area contributed by atoms with Gasteiger partial charge in [-0.1, -0.05) is 29.7 Å². The van der Waals surface area contributed by atoms with E-state index in [-0.39, 0.29) is 46.6 Å². The van der Waals surface area contributed by atoms with Crippen LogP contribution in [0.1, 0.15) is 136 Å². The molecule has 6 rings (SSSR count). The molecule has 1 saturated carbocycles. The first-order valence-corrected chi connectivity index (χ1v) is 19.4. The summed E-state index contributed by atoms with van der Waals surface area (Å²) in [5, 5.41) is 27.3. The molecule has 1 heterocycles. The van der Waals surface area contributed by atoms with Crippen molar-refractivity contribution < 1.29 is 43.5 Å². The highest BCUT2D eigenvalue weighted by atomic mass is 16.5. The number of carbonyl (C=O) groups is 3. The van der Waals surface area contributed by atoms with E-state index in [1.54, 1.807) is 36.3 Å². The van der Waals surface area contributed by atoms with Crippen molar-refractivity contribution in [1.29, 1.82) is 0 Å². The molecule has 3 N–H and O–H groups in total. The molecule has 5 atom stereocenters. The molecule has 0 radical (unpaired) electrons.